The minimum atomic E-state index is 0.00945. The van der Waals surface area contributed by atoms with E-state index in [-0.39, 0.29) is 5.96 Å². The van der Waals surface area contributed by atoms with Crippen molar-refractivity contribution in [1.29, 1.82) is 5.41 Å². The van der Waals surface area contributed by atoms with Gasteiger partial charge in [-0.2, -0.15) is 0 Å². The van der Waals surface area contributed by atoms with Crippen molar-refractivity contribution in [2.75, 3.05) is 23.9 Å². The Kier molecular flexibility index (Phi) is 3.94. The number of aryl methyl sites for hydroxylation is 1. The number of guanidine groups is 1. The normalized spacial score (nSPS) is 10.2. The van der Waals surface area contributed by atoms with Gasteiger partial charge in [0.1, 0.15) is 0 Å². The lowest BCUT2D eigenvalue weighted by Crippen LogP contribution is -2.32. The SMILES string of the molecule is Cc1ccc(N(C)C)cc1N(C(=N)N)c1ccccc1. The van der Waals surface area contributed by atoms with Crippen LogP contribution < -0.4 is 15.5 Å². The molecule has 0 spiro atoms. The van der Waals surface area contributed by atoms with Crippen molar-refractivity contribution < 1.29 is 0 Å². The van der Waals surface area contributed by atoms with Crippen LogP contribution in [0.3, 0.4) is 0 Å². The number of benzene rings is 2. The van der Waals surface area contributed by atoms with Gasteiger partial charge in [0.15, 0.2) is 5.96 Å². The zero-order valence-corrected chi connectivity index (χ0v) is 12.1. The monoisotopic (exact) mass is 268 g/mol. The average Bonchev–Trinajstić information content (AvgIpc) is 2.41. The summed E-state index contributed by atoms with van der Waals surface area (Å²) < 4.78 is 0. The van der Waals surface area contributed by atoms with E-state index < -0.39 is 0 Å². The average molecular weight is 268 g/mol. The highest BCUT2D eigenvalue weighted by molar-refractivity contribution is 6.01. The number of anilines is 3. The van der Waals surface area contributed by atoms with E-state index >= 15 is 0 Å². The highest BCUT2D eigenvalue weighted by atomic mass is 15.2. The van der Waals surface area contributed by atoms with Gasteiger partial charge in [-0.25, -0.2) is 0 Å². The van der Waals surface area contributed by atoms with Crippen LogP contribution >= 0.6 is 0 Å². The Morgan fingerprint density at radius 1 is 1.00 bits per heavy atom. The maximum atomic E-state index is 7.89. The van der Waals surface area contributed by atoms with Crippen LogP contribution in [0.2, 0.25) is 0 Å². The molecule has 0 fully saturated rings. The lowest BCUT2D eigenvalue weighted by Gasteiger charge is -2.26. The van der Waals surface area contributed by atoms with Crippen LogP contribution in [-0.4, -0.2) is 20.1 Å². The number of hydrogen-bond acceptors (Lipinski definition) is 2. The Labute approximate surface area is 119 Å². The minimum absolute atomic E-state index is 0.00945. The number of nitrogens with two attached hydrogens (primary N) is 1. The van der Waals surface area contributed by atoms with Gasteiger partial charge >= 0.3 is 0 Å². The van der Waals surface area contributed by atoms with Crippen molar-refractivity contribution in [1.82, 2.24) is 0 Å². The molecule has 20 heavy (non-hydrogen) atoms. The van der Waals surface area contributed by atoms with Crippen molar-refractivity contribution in [2.45, 2.75) is 6.92 Å². The molecule has 0 saturated carbocycles. The predicted molar refractivity (Wildman–Crippen MR) is 86.0 cm³/mol. The van der Waals surface area contributed by atoms with E-state index in [2.05, 4.69) is 6.07 Å². The van der Waals surface area contributed by atoms with Crippen molar-refractivity contribution in [3.05, 3.63) is 54.1 Å². The molecule has 0 saturated heterocycles. The highest BCUT2D eigenvalue weighted by Gasteiger charge is 2.15. The van der Waals surface area contributed by atoms with E-state index in [1.54, 1.807) is 4.90 Å². The van der Waals surface area contributed by atoms with E-state index in [9.17, 15) is 0 Å². The van der Waals surface area contributed by atoms with E-state index in [1.165, 1.54) is 0 Å². The zero-order chi connectivity index (χ0) is 14.7. The Hall–Kier alpha value is -2.49. The van der Waals surface area contributed by atoms with Crippen LogP contribution in [0.1, 0.15) is 5.56 Å². The van der Waals surface area contributed by atoms with Gasteiger partial charge < -0.3 is 10.6 Å². The molecule has 0 heterocycles. The number of hydrogen-bond donors (Lipinski definition) is 2. The Balaban J connectivity index is 2.55. The van der Waals surface area contributed by atoms with Crippen molar-refractivity contribution >= 4 is 23.0 Å². The van der Waals surface area contributed by atoms with Crippen molar-refractivity contribution in [3.8, 4) is 0 Å². The molecule has 0 atom stereocenters. The molecular formula is C16H20N4. The molecular weight excluding hydrogens is 248 g/mol. The quantitative estimate of drug-likeness (QED) is 0.664. The molecule has 0 bridgehead atoms. The van der Waals surface area contributed by atoms with E-state index in [0.717, 1.165) is 22.6 Å². The molecule has 0 aromatic heterocycles. The molecule has 4 heteroatoms. The van der Waals surface area contributed by atoms with Crippen molar-refractivity contribution in [2.24, 2.45) is 5.73 Å². The molecule has 2 aromatic rings. The minimum Gasteiger partial charge on any atom is -0.378 e. The van der Waals surface area contributed by atoms with E-state index in [4.69, 9.17) is 11.1 Å². The Morgan fingerprint density at radius 3 is 2.20 bits per heavy atom. The van der Waals surface area contributed by atoms with Crippen LogP contribution in [-0.2, 0) is 0 Å². The summed E-state index contributed by atoms with van der Waals surface area (Å²) in [6.45, 7) is 2.02. The van der Waals surface area contributed by atoms with Crippen LogP contribution in [0, 0.1) is 12.3 Å². The van der Waals surface area contributed by atoms with Crippen molar-refractivity contribution in [3.63, 3.8) is 0 Å². The van der Waals surface area contributed by atoms with E-state index in [0.29, 0.717) is 0 Å². The first-order chi connectivity index (χ1) is 9.50. The van der Waals surface area contributed by atoms with Crippen LogP contribution in [0.25, 0.3) is 0 Å². The Bertz CT molecular complexity index is 605. The summed E-state index contributed by atoms with van der Waals surface area (Å²) >= 11 is 0. The summed E-state index contributed by atoms with van der Waals surface area (Å²) in [6.07, 6.45) is 0. The third-order valence-electron chi connectivity index (χ3n) is 3.21. The second-order valence-electron chi connectivity index (χ2n) is 4.92. The second kappa shape index (κ2) is 5.65. The highest BCUT2D eigenvalue weighted by Crippen LogP contribution is 2.31. The summed E-state index contributed by atoms with van der Waals surface area (Å²) in [4.78, 5) is 3.79. The van der Waals surface area contributed by atoms with Gasteiger partial charge in [0, 0.05) is 25.5 Å². The summed E-state index contributed by atoms with van der Waals surface area (Å²) in [5, 5.41) is 7.89. The fourth-order valence-corrected chi connectivity index (χ4v) is 2.10. The number of rotatable bonds is 3. The standard InChI is InChI=1S/C16H20N4/c1-12-9-10-14(19(2)3)11-15(12)20(16(17)18)13-7-5-4-6-8-13/h4-11H,1-3H3,(H3,17,18). The third kappa shape index (κ3) is 2.74. The van der Waals surface area contributed by atoms with Gasteiger partial charge in [-0.1, -0.05) is 24.3 Å². The molecule has 0 unspecified atom stereocenters. The second-order valence-corrected chi connectivity index (χ2v) is 4.92. The van der Waals surface area contributed by atoms with E-state index in [1.807, 2.05) is 68.4 Å². The first-order valence-corrected chi connectivity index (χ1v) is 6.48. The molecule has 0 aliphatic heterocycles. The van der Waals surface area contributed by atoms with Crippen LogP contribution in [0.15, 0.2) is 48.5 Å². The molecule has 0 amide bonds. The third-order valence-corrected chi connectivity index (χ3v) is 3.21. The fourth-order valence-electron chi connectivity index (χ4n) is 2.10. The number of nitrogens with one attached hydrogen (secondary N) is 1. The number of nitrogens with zero attached hydrogens (tertiary/aromatic N) is 2. The lowest BCUT2D eigenvalue weighted by atomic mass is 10.1. The first-order valence-electron chi connectivity index (χ1n) is 6.48. The predicted octanol–water partition coefficient (Wildman–Crippen LogP) is 3.09. The van der Waals surface area contributed by atoms with Gasteiger partial charge in [-0.3, -0.25) is 10.3 Å². The van der Waals surface area contributed by atoms with Gasteiger partial charge in [0.2, 0.25) is 0 Å². The summed E-state index contributed by atoms with van der Waals surface area (Å²) in [6, 6.07) is 15.9. The largest absolute Gasteiger partial charge is 0.378 e. The zero-order valence-electron chi connectivity index (χ0n) is 12.1. The first kappa shape index (κ1) is 13.9. The van der Waals surface area contributed by atoms with Gasteiger partial charge in [-0.15, -0.1) is 0 Å². The Morgan fingerprint density at radius 2 is 1.65 bits per heavy atom. The fraction of sp³-hybridized carbons (Fsp3) is 0.188. The summed E-state index contributed by atoms with van der Waals surface area (Å²) in [5.41, 5.74) is 9.76. The molecule has 0 aliphatic rings. The van der Waals surface area contributed by atoms with Crippen LogP contribution in [0.4, 0.5) is 17.1 Å². The molecule has 4 nitrogen and oxygen atoms in total. The smallest absolute Gasteiger partial charge is 0.197 e. The van der Waals surface area contributed by atoms with Gasteiger partial charge in [-0.05, 0) is 36.8 Å². The molecule has 0 aliphatic carbocycles. The molecule has 3 N–H and O–H groups in total. The maximum Gasteiger partial charge on any atom is 0.197 e. The van der Waals surface area contributed by atoms with Gasteiger partial charge in [0.25, 0.3) is 0 Å². The topological polar surface area (TPSA) is 56.4 Å². The molecule has 104 valence electrons. The summed E-state index contributed by atoms with van der Waals surface area (Å²) in [5.74, 6) is 0.00945. The van der Waals surface area contributed by atoms with Crippen LogP contribution in [0.5, 0.6) is 0 Å². The van der Waals surface area contributed by atoms with Gasteiger partial charge in [0.05, 0.1) is 5.69 Å². The maximum absolute atomic E-state index is 7.89. The molecule has 0 radical (unpaired) electrons. The molecule has 2 rings (SSSR count). The summed E-state index contributed by atoms with van der Waals surface area (Å²) in [7, 11) is 3.99. The molecule has 2 aromatic carbocycles. The lowest BCUT2D eigenvalue weighted by molar-refractivity contribution is 1.12. The number of para-hydroxylation sites is 1.